The molecule has 16 heavy (non-hydrogen) atoms. The van der Waals surface area contributed by atoms with Crippen LogP contribution in [-0.4, -0.2) is 23.9 Å². The van der Waals surface area contributed by atoms with Gasteiger partial charge in [0.25, 0.3) is 0 Å². The van der Waals surface area contributed by atoms with Gasteiger partial charge < -0.3 is 9.84 Å². The third-order valence-corrected chi connectivity index (χ3v) is 2.51. The van der Waals surface area contributed by atoms with Gasteiger partial charge in [0.2, 0.25) is 0 Å². The molecular formula is C14H22O2. The molecule has 0 radical (unpaired) electrons. The number of aryl methyl sites for hydroxylation is 2. The van der Waals surface area contributed by atoms with E-state index < -0.39 is 0 Å². The van der Waals surface area contributed by atoms with Crippen molar-refractivity contribution in [3.05, 3.63) is 35.4 Å². The van der Waals surface area contributed by atoms with E-state index in [9.17, 15) is 5.11 Å². The van der Waals surface area contributed by atoms with Gasteiger partial charge in [-0.3, -0.25) is 0 Å². The van der Waals surface area contributed by atoms with E-state index in [-0.39, 0.29) is 12.2 Å². The van der Waals surface area contributed by atoms with Crippen LogP contribution in [0.25, 0.3) is 0 Å². The SMILES string of the molecule is Cc1ccc(CCC(O)COC(C)C)cc1. The average molecular weight is 222 g/mol. The minimum absolute atomic E-state index is 0.189. The van der Waals surface area contributed by atoms with Gasteiger partial charge >= 0.3 is 0 Å². The minimum atomic E-state index is -0.358. The van der Waals surface area contributed by atoms with Crippen LogP contribution in [0.2, 0.25) is 0 Å². The molecule has 1 aromatic carbocycles. The third-order valence-electron chi connectivity index (χ3n) is 2.51. The van der Waals surface area contributed by atoms with Gasteiger partial charge in [-0.05, 0) is 39.2 Å². The molecule has 0 saturated carbocycles. The summed E-state index contributed by atoms with van der Waals surface area (Å²) in [5.74, 6) is 0. The largest absolute Gasteiger partial charge is 0.391 e. The quantitative estimate of drug-likeness (QED) is 0.802. The molecule has 0 aromatic heterocycles. The predicted octanol–water partition coefficient (Wildman–Crippen LogP) is 2.71. The summed E-state index contributed by atoms with van der Waals surface area (Å²) < 4.78 is 5.36. The fourth-order valence-corrected chi connectivity index (χ4v) is 1.47. The Morgan fingerprint density at radius 2 is 1.81 bits per heavy atom. The van der Waals surface area contributed by atoms with Crippen molar-refractivity contribution in [1.82, 2.24) is 0 Å². The van der Waals surface area contributed by atoms with Gasteiger partial charge in [-0.25, -0.2) is 0 Å². The van der Waals surface area contributed by atoms with E-state index in [4.69, 9.17) is 4.74 Å². The van der Waals surface area contributed by atoms with Crippen molar-refractivity contribution in [2.75, 3.05) is 6.61 Å². The smallest absolute Gasteiger partial charge is 0.0777 e. The highest BCUT2D eigenvalue weighted by atomic mass is 16.5. The zero-order valence-electron chi connectivity index (χ0n) is 10.4. The topological polar surface area (TPSA) is 29.5 Å². The summed E-state index contributed by atoms with van der Waals surface area (Å²) in [4.78, 5) is 0. The molecule has 0 aliphatic heterocycles. The van der Waals surface area contributed by atoms with E-state index in [1.54, 1.807) is 0 Å². The van der Waals surface area contributed by atoms with Crippen molar-refractivity contribution >= 4 is 0 Å². The highest BCUT2D eigenvalue weighted by Crippen LogP contribution is 2.08. The third kappa shape index (κ3) is 5.29. The lowest BCUT2D eigenvalue weighted by Crippen LogP contribution is -2.19. The Hall–Kier alpha value is -0.860. The van der Waals surface area contributed by atoms with Crippen LogP contribution < -0.4 is 0 Å². The van der Waals surface area contributed by atoms with Crippen molar-refractivity contribution in [1.29, 1.82) is 0 Å². The van der Waals surface area contributed by atoms with Gasteiger partial charge in [0.1, 0.15) is 0 Å². The zero-order valence-corrected chi connectivity index (χ0v) is 10.4. The lowest BCUT2D eigenvalue weighted by Gasteiger charge is -2.13. The molecule has 1 atom stereocenters. The van der Waals surface area contributed by atoms with E-state index in [1.807, 2.05) is 13.8 Å². The highest BCUT2D eigenvalue weighted by Gasteiger charge is 2.05. The number of aliphatic hydroxyl groups is 1. The van der Waals surface area contributed by atoms with Crippen LogP contribution in [0.15, 0.2) is 24.3 Å². The maximum absolute atomic E-state index is 9.69. The van der Waals surface area contributed by atoms with Gasteiger partial charge in [-0.15, -0.1) is 0 Å². The number of ether oxygens (including phenoxy) is 1. The Labute approximate surface area is 98.3 Å². The number of rotatable bonds is 6. The monoisotopic (exact) mass is 222 g/mol. The molecule has 1 N–H and O–H groups in total. The Morgan fingerprint density at radius 1 is 1.19 bits per heavy atom. The van der Waals surface area contributed by atoms with Crippen LogP contribution in [0.5, 0.6) is 0 Å². The van der Waals surface area contributed by atoms with Crippen molar-refractivity contribution in [2.45, 2.75) is 45.8 Å². The van der Waals surface area contributed by atoms with E-state index in [0.29, 0.717) is 6.61 Å². The van der Waals surface area contributed by atoms with Gasteiger partial charge in [0.05, 0.1) is 18.8 Å². The maximum Gasteiger partial charge on any atom is 0.0777 e. The molecule has 0 aliphatic carbocycles. The first-order valence-corrected chi connectivity index (χ1v) is 5.93. The molecular weight excluding hydrogens is 200 g/mol. The van der Waals surface area contributed by atoms with Crippen LogP contribution in [-0.2, 0) is 11.2 Å². The molecule has 0 spiro atoms. The predicted molar refractivity (Wildman–Crippen MR) is 66.6 cm³/mol. The van der Waals surface area contributed by atoms with Gasteiger partial charge in [0.15, 0.2) is 0 Å². The summed E-state index contributed by atoms with van der Waals surface area (Å²) in [5, 5.41) is 9.69. The number of benzene rings is 1. The Balaban J connectivity index is 2.26. The van der Waals surface area contributed by atoms with Crippen molar-refractivity contribution < 1.29 is 9.84 Å². The Kier molecular flexibility index (Phi) is 5.50. The summed E-state index contributed by atoms with van der Waals surface area (Å²) in [7, 11) is 0. The highest BCUT2D eigenvalue weighted by molar-refractivity contribution is 5.21. The fourth-order valence-electron chi connectivity index (χ4n) is 1.47. The molecule has 2 heteroatoms. The van der Waals surface area contributed by atoms with Gasteiger partial charge in [-0.2, -0.15) is 0 Å². The van der Waals surface area contributed by atoms with Crippen molar-refractivity contribution in [3.63, 3.8) is 0 Å². The second-order valence-corrected chi connectivity index (χ2v) is 4.56. The molecule has 0 fully saturated rings. The normalized spacial score (nSPS) is 13.1. The number of hydrogen-bond donors (Lipinski definition) is 1. The van der Waals surface area contributed by atoms with E-state index in [2.05, 4.69) is 31.2 Å². The van der Waals surface area contributed by atoms with Crippen LogP contribution in [0.3, 0.4) is 0 Å². The van der Waals surface area contributed by atoms with Crippen LogP contribution >= 0.6 is 0 Å². The molecule has 0 bridgehead atoms. The summed E-state index contributed by atoms with van der Waals surface area (Å²) in [6.07, 6.45) is 1.50. The standard InChI is InChI=1S/C14H22O2/c1-11(2)16-10-14(15)9-8-13-6-4-12(3)5-7-13/h4-7,11,14-15H,8-10H2,1-3H3. The van der Waals surface area contributed by atoms with Crippen molar-refractivity contribution in [3.8, 4) is 0 Å². The lowest BCUT2D eigenvalue weighted by atomic mass is 10.1. The molecule has 0 aliphatic rings. The average Bonchev–Trinajstić information content (AvgIpc) is 2.25. The maximum atomic E-state index is 9.69. The van der Waals surface area contributed by atoms with Crippen LogP contribution in [0.1, 0.15) is 31.4 Å². The minimum Gasteiger partial charge on any atom is -0.391 e. The van der Waals surface area contributed by atoms with E-state index in [1.165, 1.54) is 11.1 Å². The van der Waals surface area contributed by atoms with E-state index >= 15 is 0 Å². The first-order valence-electron chi connectivity index (χ1n) is 5.93. The zero-order chi connectivity index (χ0) is 12.0. The Bertz CT molecular complexity index is 290. The molecule has 1 rings (SSSR count). The molecule has 90 valence electrons. The summed E-state index contributed by atoms with van der Waals surface area (Å²) in [5.41, 5.74) is 2.54. The van der Waals surface area contributed by atoms with Gasteiger partial charge in [0, 0.05) is 0 Å². The molecule has 0 heterocycles. The first kappa shape index (κ1) is 13.2. The fraction of sp³-hybridized carbons (Fsp3) is 0.571. The molecule has 2 nitrogen and oxygen atoms in total. The van der Waals surface area contributed by atoms with E-state index in [0.717, 1.165) is 12.8 Å². The number of hydrogen-bond acceptors (Lipinski definition) is 2. The van der Waals surface area contributed by atoms with Crippen LogP contribution in [0.4, 0.5) is 0 Å². The second kappa shape index (κ2) is 6.66. The second-order valence-electron chi connectivity index (χ2n) is 4.56. The van der Waals surface area contributed by atoms with Crippen molar-refractivity contribution in [2.24, 2.45) is 0 Å². The number of aliphatic hydroxyl groups excluding tert-OH is 1. The summed E-state index contributed by atoms with van der Waals surface area (Å²) in [6.45, 7) is 6.47. The molecule has 0 amide bonds. The molecule has 0 saturated heterocycles. The molecule has 1 unspecified atom stereocenters. The first-order chi connectivity index (χ1) is 7.58. The van der Waals surface area contributed by atoms with Crippen LogP contribution in [0, 0.1) is 6.92 Å². The lowest BCUT2D eigenvalue weighted by molar-refractivity contribution is 0.00287. The molecule has 1 aromatic rings. The summed E-state index contributed by atoms with van der Waals surface area (Å²) in [6, 6.07) is 8.44. The van der Waals surface area contributed by atoms with Gasteiger partial charge in [-0.1, -0.05) is 29.8 Å². The Morgan fingerprint density at radius 3 is 2.38 bits per heavy atom. The summed E-state index contributed by atoms with van der Waals surface area (Å²) >= 11 is 0.